The summed E-state index contributed by atoms with van der Waals surface area (Å²) in [6.07, 6.45) is 3.22. The minimum Gasteiger partial charge on any atom is -0.289 e. The van der Waals surface area contributed by atoms with Gasteiger partial charge in [0.25, 0.3) is 10.0 Å². The Balaban J connectivity index is 1.72. The average molecular weight is 442 g/mol. The molecule has 0 spiro atoms. The van der Waals surface area contributed by atoms with Crippen LogP contribution in [0.3, 0.4) is 0 Å². The minimum atomic E-state index is -3.65. The van der Waals surface area contributed by atoms with Gasteiger partial charge in [-0.05, 0) is 60.2 Å². The molecule has 0 aliphatic heterocycles. The summed E-state index contributed by atoms with van der Waals surface area (Å²) in [7, 11) is -3.65. The Bertz CT molecular complexity index is 1080. The third-order valence-corrected chi connectivity index (χ3v) is 5.91. The molecular formula is C21H16BrNO3S. The zero-order valence-electron chi connectivity index (χ0n) is 14.2. The molecule has 0 atom stereocenters. The first-order chi connectivity index (χ1) is 13.0. The van der Waals surface area contributed by atoms with Gasteiger partial charge in [0.2, 0.25) is 0 Å². The van der Waals surface area contributed by atoms with Crippen LogP contribution >= 0.6 is 15.9 Å². The molecule has 0 radical (unpaired) electrons. The Kier molecular flexibility index (Phi) is 5.88. The summed E-state index contributed by atoms with van der Waals surface area (Å²) in [6.45, 7) is 0. The maximum atomic E-state index is 12.3. The quantitative estimate of drug-likeness (QED) is 0.425. The predicted octanol–water partition coefficient (Wildman–Crippen LogP) is 5.15. The van der Waals surface area contributed by atoms with Crippen LogP contribution in [-0.2, 0) is 10.0 Å². The van der Waals surface area contributed by atoms with Crippen molar-refractivity contribution in [2.75, 3.05) is 4.72 Å². The molecule has 0 unspecified atom stereocenters. The average Bonchev–Trinajstić information content (AvgIpc) is 2.68. The molecule has 0 aliphatic rings. The van der Waals surface area contributed by atoms with Crippen LogP contribution in [0.5, 0.6) is 0 Å². The van der Waals surface area contributed by atoms with Gasteiger partial charge >= 0.3 is 0 Å². The van der Waals surface area contributed by atoms with Crippen molar-refractivity contribution in [1.29, 1.82) is 0 Å². The van der Waals surface area contributed by atoms with E-state index in [0.29, 0.717) is 11.3 Å². The van der Waals surface area contributed by atoms with Crippen LogP contribution in [-0.4, -0.2) is 14.2 Å². The lowest BCUT2D eigenvalue weighted by atomic mass is 10.1. The number of hydrogen-bond donors (Lipinski definition) is 1. The zero-order valence-corrected chi connectivity index (χ0v) is 16.6. The fourth-order valence-corrected chi connectivity index (χ4v) is 3.88. The van der Waals surface area contributed by atoms with Gasteiger partial charge in [0.1, 0.15) is 0 Å². The molecule has 27 heavy (non-hydrogen) atoms. The number of allylic oxidation sites excluding steroid dienone is 1. The van der Waals surface area contributed by atoms with E-state index >= 15 is 0 Å². The van der Waals surface area contributed by atoms with E-state index in [4.69, 9.17) is 0 Å². The van der Waals surface area contributed by atoms with E-state index < -0.39 is 10.0 Å². The normalized spacial score (nSPS) is 11.4. The van der Waals surface area contributed by atoms with Crippen molar-refractivity contribution >= 4 is 43.5 Å². The Labute approximate surface area is 166 Å². The second-order valence-electron chi connectivity index (χ2n) is 5.71. The van der Waals surface area contributed by atoms with E-state index in [2.05, 4.69) is 20.7 Å². The SMILES string of the molecule is O=C(/C=C/c1ccccc1Br)c1ccc(NS(=O)(=O)c2ccccc2)cc1. The predicted molar refractivity (Wildman–Crippen MR) is 111 cm³/mol. The standard InChI is InChI=1S/C21H16BrNO3S/c22-20-9-5-4-6-16(20)12-15-21(24)17-10-13-18(14-11-17)23-27(25,26)19-7-2-1-3-8-19/h1-15,23H/b15-12+. The van der Waals surface area contributed by atoms with Crippen molar-refractivity contribution < 1.29 is 13.2 Å². The van der Waals surface area contributed by atoms with E-state index in [-0.39, 0.29) is 10.7 Å². The molecule has 0 fully saturated rings. The number of anilines is 1. The highest BCUT2D eigenvalue weighted by Crippen LogP contribution is 2.19. The molecule has 0 bridgehead atoms. The van der Waals surface area contributed by atoms with E-state index in [1.807, 2.05) is 24.3 Å². The number of hydrogen-bond acceptors (Lipinski definition) is 3. The Hall–Kier alpha value is -2.70. The number of nitrogens with one attached hydrogen (secondary N) is 1. The summed E-state index contributed by atoms with van der Waals surface area (Å²) >= 11 is 3.43. The molecule has 0 aromatic heterocycles. The maximum Gasteiger partial charge on any atom is 0.261 e. The van der Waals surface area contributed by atoms with Crippen LogP contribution < -0.4 is 4.72 Å². The fourth-order valence-electron chi connectivity index (χ4n) is 2.39. The highest BCUT2D eigenvalue weighted by molar-refractivity contribution is 9.10. The summed E-state index contributed by atoms with van der Waals surface area (Å²) in [5, 5.41) is 0. The molecule has 6 heteroatoms. The summed E-state index contributed by atoms with van der Waals surface area (Å²) in [6, 6.07) is 22.0. The Morgan fingerprint density at radius 3 is 2.15 bits per heavy atom. The van der Waals surface area contributed by atoms with Crippen LogP contribution in [0.2, 0.25) is 0 Å². The van der Waals surface area contributed by atoms with Crippen molar-refractivity contribution in [3.8, 4) is 0 Å². The lowest BCUT2D eigenvalue weighted by molar-refractivity contribution is 0.104. The van der Waals surface area contributed by atoms with Crippen LogP contribution in [0.4, 0.5) is 5.69 Å². The molecular weight excluding hydrogens is 426 g/mol. The first-order valence-electron chi connectivity index (χ1n) is 8.10. The molecule has 0 amide bonds. The molecule has 0 heterocycles. The topological polar surface area (TPSA) is 63.2 Å². The summed E-state index contributed by atoms with van der Waals surface area (Å²) in [4.78, 5) is 12.5. The second kappa shape index (κ2) is 8.33. The van der Waals surface area contributed by atoms with Gasteiger partial charge in [-0.1, -0.05) is 52.3 Å². The van der Waals surface area contributed by atoms with Crippen molar-refractivity contribution in [3.63, 3.8) is 0 Å². The number of carbonyl (C=O) groups is 1. The van der Waals surface area contributed by atoms with E-state index in [0.717, 1.165) is 10.0 Å². The first-order valence-corrected chi connectivity index (χ1v) is 10.4. The zero-order chi connectivity index (χ0) is 19.3. The lowest BCUT2D eigenvalue weighted by Gasteiger charge is -2.08. The lowest BCUT2D eigenvalue weighted by Crippen LogP contribution is -2.12. The van der Waals surface area contributed by atoms with Crippen molar-refractivity contribution in [1.82, 2.24) is 0 Å². The van der Waals surface area contributed by atoms with Gasteiger partial charge < -0.3 is 0 Å². The monoisotopic (exact) mass is 441 g/mol. The van der Waals surface area contributed by atoms with Gasteiger partial charge in [-0.25, -0.2) is 8.42 Å². The second-order valence-corrected chi connectivity index (χ2v) is 8.25. The molecule has 1 N–H and O–H groups in total. The van der Waals surface area contributed by atoms with Gasteiger partial charge in [-0.2, -0.15) is 0 Å². The molecule has 136 valence electrons. The van der Waals surface area contributed by atoms with Gasteiger partial charge in [0.05, 0.1) is 4.90 Å². The minimum absolute atomic E-state index is 0.164. The third kappa shape index (κ3) is 4.93. The van der Waals surface area contributed by atoms with Gasteiger partial charge in [0, 0.05) is 15.7 Å². The number of halogens is 1. The summed E-state index contributed by atoms with van der Waals surface area (Å²) < 4.78 is 28.0. The number of rotatable bonds is 6. The molecule has 0 aliphatic carbocycles. The number of carbonyl (C=O) groups excluding carboxylic acids is 1. The van der Waals surface area contributed by atoms with Crippen LogP contribution in [0.25, 0.3) is 6.08 Å². The van der Waals surface area contributed by atoms with Gasteiger partial charge in [-0.15, -0.1) is 0 Å². The third-order valence-electron chi connectivity index (χ3n) is 3.79. The van der Waals surface area contributed by atoms with Crippen LogP contribution in [0.1, 0.15) is 15.9 Å². The number of ketones is 1. The van der Waals surface area contributed by atoms with E-state index in [1.54, 1.807) is 48.5 Å². The van der Waals surface area contributed by atoms with Crippen molar-refractivity contribution in [2.45, 2.75) is 4.90 Å². The summed E-state index contributed by atoms with van der Waals surface area (Å²) in [5.74, 6) is -0.164. The Morgan fingerprint density at radius 1 is 0.852 bits per heavy atom. The van der Waals surface area contributed by atoms with Crippen molar-refractivity contribution in [3.05, 3.63) is 101 Å². The number of sulfonamides is 1. The van der Waals surface area contributed by atoms with Crippen LogP contribution in [0, 0.1) is 0 Å². The maximum absolute atomic E-state index is 12.3. The molecule has 4 nitrogen and oxygen atoms in total. The smallest absolute Gasteiger partial charge is 0.261 e. The highest BCUT2D eigenvalue weighted by atomic mass is 79.9. The largest absolute Gasteiger partial charge is 0.289 e. The van der Waals surface area contributed by atoms with E-state index in [9.17, 15) is 13.2 Å². The first kappa shape index (κ1) is 19.1. The number of benzene rings is 3. The van der Waals surface area contributed by atoms with E-state index in [1.165, 1.54) is 18.2 Å². The molecule has 3 rings (SSSR count). The molecule has 0 saturated heterocycles. The van der Waals surface area contributed by atoms with Gasteiger partial charge in [0.15, 0.2) is 5.78 Å². The van der Waals surface area contributed by atoms with Crippen LogP contribution in [0.15, 0.2) is 94.3 Å². The fraction of sp³-hybridized carbons (Fsp3) is 0. The van der Waals surface area contributed by atoms with Crippen molar-refractivity contribution in [2.24, 2.45) is 0 Å². The molecule has 0 saturated carbocycles. The molecule has 3 aromatic rings. The highest BCUT2D eigenvalue weighted by Gasteiger charge is 2.13. The summed E-state index contributed by atoms with van der Waals surface area (Å²) in [5.41, 5.74) is 1.77. The molecule has 3 aromatic carbocycles. The Morgan fingerprint density at radius 2 is 1.48 bits per heavy atom. The van der Waals surface area contributed by atoms with Gasteiger partial charge in [-0.3, -0.25) is 9.52 Å².